The van der Waals surface area contributed by atoms with Crippen molar-refractivity contribution in [3.8, 4) is 0 Å². The molecule has 0 aromatic heterocycles. The van der Waals surface area contributed by atoms with E-state index in [4.69, 9.17) is 0 Å². The first-order valence-electron chi connectivity index (χ1n) is 5.01. The molecule has 0 fully saturated rings. The smallest absolute Gasteiger partial charge is 0.338 e. The van der Waals surface area contributed by atoms with E-state index in [1.54, 1.807) is 0 Å². The second kappa shape index (κ2) is 6.05. The maximum Gasteiger partial charge on any atom is 0.338 e. The summed E-state index contributed by atoms with van der Waals surface area (Å²) in [6.45, 7) is 5.55. The number of carbonyl (C=O) groups is 1. The topological polar surface area (TPSA) is 78.8 Å². The van der Waals surface area contributed by atoms with Crippen molar-refractivity contribution in [2.45, 2.75) is 32.5 Å². The third-order valence-electron chi connectivity index (χ3n) is 2.22. The molecule has 0 spiro atoms. The van der Waals surface area contributed by atoms with E-state index in [9.17, 15) is 15.0 Å². The first-order chi connectivity index (χ1) is 6.81. The summed E-state index contributed by atoms with van der Waals surface area (Å²) in [5.41, 5.74) is -1.55. The molecule has 0 saturated carbocycles. The van der Waals surface area contributed by atoms with Crippen LogP contribution in [0.2, 0.25) is 0 Å². The number of ether oxygens (including phenoxy) is 1. The van der Waals surface area contributed by atoms with Crippen LogP contribution in [0.1, 0.15) is 20.8 Å². The zero-order chi connectivity index (χ0) is 12.1. The van der Waals surface area contributed by atoms with Gasteiger partial charge in [0.25, 0.3) is 0 Å². The number of hydrogen-bond donors (Lipinski definition) is 3. The minimum atomic E-state index is -1.55. The average Bonchev–Trinajstić information content (AvgIpc) is 2.15. The molecule has 0 aliphatic heterocycles. The minimum absolute atomic E-state index is 0.0590. The predicted octanol–water partition coefficient (Wildman–Crippen LogP) is -0.483. The van der Waals surface area contributed by atoms with Crippen molar-refractivity contribution >= 4 is 5.97 Å². The average molecular weight is 219 g/mol. The summed E-state index contributed by atoms with van der Waals surface area (Å²) >= 11 is 0. The molecule has 0 rings (SSSR count). The van der Waals surface area contributed by atoms with E-state index < -0.39 is 17.7 Å². The zero-order valence-corrected chi connectivity index (χ0v) is 9.78. The molecule has 2 unspecified atom stereocenters. The Bertz CT molecular complexity index is 204. The summed E-state index contributed by atoms with van der Waals surface area (Å²) in [5, 5.41) is 21.9. The number of nitrogens with one attached hydrogen (secondary N) is 1. The molecule has 0 aromatic rings. The molecule has 90 valence electrons. The summed E-state index contributed by atoms with van der Waals surface area (Å²) in [4.78, 5) is 11.1. The number of esters is 1. The highest BCUT2D eigenvalue weighted by Crippen LogP contribution is 2.04. The number of rotatable bonds is 6. The van der Waals surface area contributed by atoms with Gasteiger partial charge in [-0.2, -0.15) is 0 Å². The Labute approximate surface area is 90.4 Å². The Balaban J connectivity index is 3.90. The number of carbonyl (C=O) groups excluding carboxylic acids is 1. The normalized spacial score (nSPS) is 17.3. The second-order valence-electron chi connectivity index (χ2n) is 4.21. The monoisotopic (exact) mass is 219 g/mol. The molecule has 0 heterocycles. The van der Waals surface area contributed by atoms with Crippen LogP contribution in [0.25, 0.3) is 0 Å². The largest absolute Gasteiger partial charge is 0.467 e. The molecule has 15 heavy (non-hydrogen) atoms. The molecule has 0 radical (unpaired) electrons. The fraction of sp³-hybridized carbons (Fsp3) is 0.900. The van der Waals surface area contributed by atoms with Crippen molar-refractivity contribution in [3.63, 3.8) is 0 Å². The van der Waals surface area contributed by atoms with Crippen LogP contribution in [-0.4, -0.2) is 48.1 Å². The van der Waals surface area contributed by atoms with Gasteiger partial charge >= 0.3 is 5.97 Å². The van der Waals surface area contributed by atoms with Gasteiger partial charge in [-0.3, -0.25) is 0 Å². The number of methoxy groups -OCH3 is 1. The lowest BCUT2D eigenvalue weighted by atomic mass is 10.1. The Morgan fingerprint density at radius 2 is 2.07 bits per heavy atom. The third kappa shape index (κ3) is 5.11. The highest BCUT2D eigenvalue weighted by molar-refractivity contribution is 5.78. The number of aliphatic hydroxyl groups excluding tert-OH is 1. The van der Waals surface area contributed by atoms with E-state index in [1.165, 1.54) is 14.0 Å². The van der Waals surface area contributed by atoms with Crippen LogP contribution in [0.15, 0.2) is 0 Å². The minimum Gasteiger partial charge on any atom is -0.467 e. The van der Waals surface area contributed by atoms with Gasteiger partial charge in [0.2, 0.25) is 0 Å². The lowest BCUT2D eigenvalue weighted by Gasteiger charge is -2.22. The van der Waals surface area contributed by atoms with Crippen LogP contribution >= 0.6 is 0 Å². The van der Waals surface area contributed by atoms with Crippen LogP contribution in [-0.2, 0) is 9.53 Å². The van der Waals surface area contributed by atoms with Crippen molar-refractivity contribution < 1.29 is 19.7 Å². The number of hydrogen-bond acceptors (Lipinski definition) is 5. The Morgan fingerprint density at radius 1 is 1.53 bits per heavy atom. The molecule has 3 N–H and O–H groups in total. The summed E-state index contributed by atoms with van der Waals surface area (Å²) in [7, 11) is 1.22. The molecular weight excluding hydrogens is 198 g/mol. The highest BCUT2D eigenvalue weighted by atomic mass is 16.5. The quantitative estimate of drug-likeness (QED) is 0.526. The van der Waals surface area contributed by atoms with E-state index in [1.807, 2.05) is 13.8 Å². The summed E-state index contributed by atoms with van der Waals surface area (Å²) in [6, 6.07) is 0. The Kier molecular flexibility index (Phi) is 5.79. The first kappa shape index (κ1) is 14.3. The van der Waals surface area contributed by atoms with Crippen LogP contribution in [0.3, 0.4) is 0 Å². The SMILES string of the molecule is COC(=O)C(C)(O)CNCC(O)C(C)C. The van der Waals surface area contributed by atoms with Crippen LogP contribution in [0.5, 0.6) is 0 Å². The maximum absolute atomic E-state index is 11.1. The fourth-order valence-electron chi connectivity index (χ4n) is 0.991. The van der Waals surface area contributed by atoms with Gasteiger partial charge in [0.15, 0.2) is 5.60 Å². The first-order valence-corrected chi connectivity index (χ1v) is 5.01. The van der Waals surface area contributed by atoms with Gasteiger partial charge in [0.05, 0.1) is 13.2 Å². The molecule has 0 aliphatic carbocycles. The maximum atomic E-state index is 11.1. The molecule has 5 nitrogen and oxygen atoms in total. The van der Waals surface area contributed by atoms with Gasteiger partial charge in [-0.05, 0) is 12.8 Å². The Hall–Kier alpha value is -0.650. The van der Waals surface area contributed by atoms with E-state index >= 15 is 0 Å². The summed E-state index contributed by atoms with van der Waals surface area (Å²) < 4.78 is 4.43. The molecular formula is C10H21NO4. The molecule has 0 aromatic carbocycles. The molecule has 5 heteroatoms. The molecule has 0 aliphatic rings. The molecule has 0 amide bonds. The van der Waals surface area contributed by atoms with Gasteiger partial charge < -0.3 is 20.3 Å². The number of aliphatic hydroxyl groups is 2. The van der Waals surface area contributed by atoms with Gasteiger partial charge in [0, 0.05) is 13.1 Å². The lowest BCUT2D eigenvalue weighted by Crippen LogP contribution is -2.47. The molecule has 2 atom stereocenters. The highest BCUT2D eigenvalue weighted by Gasteiger charge is 2.31. The van der Waals surface area contributed by atoms with E-state index in [2.05, 4.69) is 10.1 Å². The van der Waals surface area contributed by atoms with Crippen LogP contribution in [0.4, 0.5) is 0 Å². The molecule has 0 saturated heterocycles. The second-order valence-corrected chi connectivity index (χ2v) is 4.21. The van der Waals surface area contributed by atoms with Gasteiger partial charge in [-0.1, -0.05) is 13.8 Å². The van der Waals surface area contributed by atoms with Crippen molar-refractivity contribution in [1.82, 2.24) is 5.32 Å². The Morgan fingerprint density at radius 3 is 2.47 bits per heavy atom. The summed E-state index contributed by atoms with van der Waals surface area (Å²) in [5.74, 6) is -0.547. The van der Waals surface area contributed by atoms with Crippen molar-refractivity contribution in [1.29, 1.82) is 0 Å². The standard InChI is InChI=1S/C10H21NO4/c1-7(2)8(12)5-11-6-10(3,14)9(13)15-4/h7-8,11-12,14H,5-6H2,1-4H3. The van der Waals surface area contributed by atoms with Gasteiger partial charge in [-0.15, -0.1) is 0 Å². The van der Waals surface area contributed by atoms with Crippen molar-refractivity contribution in [2.75, 3.05) is 20.2 Å². The van der Waals surface area contributed by atoms with Crippen LogP contribution < -0.4 is 5.32 Å². The lowest BCUT2D eigenvalue weighted by molar-refractivity contribution is -0.160. The van der Waals surface area contributed by atoms with Gasteiger partial charge in [0.1, 0.15) is 0 Å². The van der Waals surface area contributed by atoms with E-state index in [0.29, 0.717) is 6.54 Å². The van der Waals surface area contributed by atoms with Crippen molar-refractivity contribution in [2.24, 2.45) is 5.92 Å². The van der Waals surface area contributed by atoms with Crippen molar-refractivity contribution in [3.05, 3.63) is 0 Å². The van der Waals surface area contributed by atoms with E-state index in [0.717, 1.165) is 0 Å². The predicted molar refractivity (Wildman–Crippen MR) is 56.4 cm³/mol. The fourth-order valence-corrected chi connectivity index (χ4v) is 0.991. The van der Waals surface area contributed by atoms with Crippen LogP contribution in [0, 0.1) is 5.92 Å². The summed E-state index contributed by atoms with van der Waals surface area (Å²) in [6.07, 6.45) is -0.488. The van der Waals surface area contributed by atoms with Gasteiger partial charge in [-0.25, -0.2) is 4.79 Å². The zero-order valence-electron chi connectivity index (χ0n) is 9.78. The molecule has 0 bridgehead atoms. The van der Waals surface area contributed by atoms with E-state index in [-0.39, 0.29) is 12.5 Å². The third-order valence-corrected chi connectivity index (χ3v) is 2.22.